The molecule has 1 aromatic carbocycles. The summed E-state index contributed by atoms with van der Waals surface area (Å²) >= 11 is 0. The van der Waals surface area contributed by atoms with E-state index in [9.17, 15) is 4.79 Å². The van der Waals surface area contributed by atoms with Gasteiger partial charge in [0.25, 0.3) is 0 Å². The van der Waals surface area contributed by atoms with E-state index in [-0.39, 0.29) is 17.9 Å². The van der Waals surface area contributed by atoms with E-state index in [0.717, 1.165) is 0 Å². The quantitative estimate of drug-likeness (QED) is 0.376. The summed E-state index contributed by atoms with van der Waals surface area (Å²) in [5.74, 6) is 0.599. The molecule has 0 aliphatic heterocycles. The topological polar surface area (TPSA) is 62.6 Å². The van der Waals surface area contributed by atoms with Gasteiger partial charge in [0.15, 0.2) is 5.78 Å². The summed E-state index contributed by atoms with van der Waals surface area (Å²) in [7, 11) is -1.35. The molecule has 1 aromatic rings. The summed E-state index contributed by atoms with van der Waals surface area (Å²) in [6, 6.07) is 9.64. The number of nitriles is 1. The molecule has 0 radical (unpaired) electrons. The molecule has 5 nitrogen and oxygen atoms in total. The van der Waals surface area contributed by atoms with Gasteiger partial charge in [-0.3, -0.25) is 4.79 Å². The zero-order valence-corrected chi connectivity index (χ0v) is 15.3. The van der Waals surface area contributed by atoms with Crippen LogP contribution in [0.1, 0.15) is 51.4 Å². The van der Waals surface area contributed by atoms with Crippen molar-refractivity contribution in [2.45, 2.75) is 53.1 Å². The second-order valence-electron chi connectivity index (χ2n) is 5.72. The van der Waals surface area contributed by atoms with Crippen LogP contribution in [0.3, 0.4) is 0 Å². The highest BCUT2D eigenvalue weighted by molar-refractivity contribution is 7.45. The molecular weight excluding hydrogens is 311 g/mol. The maximum Gasteiger partial charge on any atom is 0.321 e. The highest BCUT2D eigenvalue weighted by Crippen LogP contribution is 2.46. The van der Waals surface area contributed by atoms with Crippen LogP contribution in [-0.4, -0.2) is 29.1 Å². The Labute approximate surface area is 140 Å². The van der Waals surface area contributed by atoms with Crippen LogP contribution in [0.5, 0.6) is 5.75 Å². The lowest BCUT2D eigenvalue weighted by Crippen LogP contribution is -2.34. The molecule has 1 atom stereocenters. The lowest BCUT2D eigenvalue weighted by atomic mass is 10.1. The fourth-order valence-electron chi connectivity index (χ4n) is 2.14. The standard InChI is InChI=1S/C17H25N2O3P/c1-13(2)19(14(3)4)23(21-11-7-10-18)22-17-9-6-8-16(12-17)15(5)20/h6,8-9,12-14H,7,11H2,1-5H3. The highest BCUT2D eigenvalue weighted by atomic mass is 31.2. The molecule has 0 heterocycles. The summed E-state index contributed by atoms with van der Waals surface area (Å²) in [5, 5.41) is 8.71. The molecule has 1 rings (SSSR count). The van der Waals surface area contributed by atoms with Gasteiger partial charge < -0.3 is 9.05 Å². The fraction of sp³-hybridized carbons (Fsp3) is 0.529. The normalized spacial score (nSPS) is 12.5. The predicted molar refractivity (Wildman–Crippen MR) is 92.3 cm³/mol. The zero-order valence-electron chi connectivity index (χ0n) is 14.4. The van der Waals surface area contributed by atoms with E-state index in [0.29, 0.717) is 24.3 Å². The van der Waals surface area contributed by atoms with Gasteiger partial charge in [-0.05, 0) is 46.8 Å². The van der Waals surface area contributed by atoms with E-state index < -0.39 is 8.53 Å². The molecule has 0 amide bonds. The second kappa shape index (κ2) is 9.62. The van der Waals surface area contributed by atoms with E-state index in [4.69, 9.17) is 14.3 Å². The minimum absolute atomic E-state index is 0.00486. The van der Waals surface area contributed by atoms with Crippen LogP contribution < -0.4 is 4.52 Å². The molecular formula is C17H25N2O3P. The van der Waals surface area contributed by atoms with Crippen molar-refractivity contribution in [2.24, 2.45) is 0 Å². The zero-order chi connectivity index (χ0) is 17.4. The molecule has 0 aromatic heterocycles. The van der Waals surface area contributed by atoms with Crippen molar-refractivity contribution in [3.63, 3.8) is 0 Å². The Balaban J connectivity index is 2.97. The van der Waals surface area contributed by atoms with Crippen molar-refractivity contribution in [2.75, 3.05) is 6.61 Å². The van der Waals surface area contributed by atoms with Crippen LogP contribution in [0.2, 0.25) is 0 Å². The molecule has 0 fully saturated rings. The summed E-state index contributed by atoms with van der Waals surface area (Å²) in [4.78, 5) is 11.5. The van der Waals surface area contributed by atoms with Crippen LogP contribution in [0.25, 0.3) is 0 Å². The highest BCUT2D eigenvalue weighted by Gasteiger charge is 2.28. The third-order valence-corrected chi connectivity index (χ3v) is 5.16. The molecule has 0 saturated carbocycles. The van der Waals surface area contributed by atoms with Gasteiger partial charge >= 0.3 is 8.53 Å². The first kappa shape index (κ1) is 19.6. The maximum absolute atomic E-state index is 11.5. The number of rotatable bonds is 9. The minimum Gasteiger partial charge on any atom is -0.436 e. The third kappa shape index (κ3) is 6.27. The maximum atomic E-state index is 11.5. The first-order chi connectivity index (χ1) is 10.9. The summed E-state index contributed by atoms with van der Waals surface area (Å²) in [6.07, 6.45) is 0.319. The Morgan fingerprint density at radius 1 is 1.30 bits per heavy atom. The number of carbonyl (C=O) groups is 1. The van der Waals surface area contributed by atoms with E-state index >= 15 is 0 Å². The number of nitrogens with zero attached hydrogens (tertiary/aromatic N) is 2. The van der Waals surface area contributed by atoms with Crippen molar-refractivity contribution < 1.29 is 13.8 Å². The van der Waals surface area contributed by atoms with Gasteiger partial charge in [-0.15, -0.1) is 0 Å². The predicted octanol–water partition coefficient (Wildman–Crippen LogP) is 4.54. The number of hydrogen-bond donors (Lipinski definition) is 0. The first-order valence-corrected chi connectivity index (χ1v) is 8.87. The molecule has 6 heteroatoms. The fourth-order valence-corrected chi connectivity index (χ4v) is 3.72. The average Bonchev–Trinajstić information content (AvgIpc) is 2.46. The van der Waals surface area contributed by atoms with Gasteiger partial charge in [0.1, 0.15) is 5.75 Å². The summed E-state index contributed by atoms with van der Waals surface area (Å²) in [5.41, 5.74) is 0.607. The largest absolute Gasteiger partial charge is 0.436 e. The van der Waals surface area contributed by atoms with Crippen LogP contribution >= 0.6 is 8.53 Å². The Bertz CT molecular complexity index is 547. The molecule has 0 aliphatic rings. The number of hydrogen-bond acceptors (Lipinski definition) is 5. The Kier molecular flexibility index (Phi) is 8.19. The second-order valence-corrected chi connectivity index (χ2v) is 7.10. The molecule has 0 N–H and O–H groups in total. The van der Waals surface area contributed by atoms with Crippen LogP contribution in [0.4, 0.5) is 0 Å². The van der Waals surface area contributed by atoms with Crippen LogP contribution in [-0.2, 0) is 4.52 Å². The van der Waals surface area contributed by atoms with Gasteiger partial charge in [-0.2, -0.15) is 5.26 Å². The number of Topliss-reactive ketones (excluding diaryl/α,β-unsaturated/α-hetero) is 1. The monoisotopic (exact) mass is 336 g/mol. The van der Waals surface area contributed by atoms with Gasteiger partial charge in [0, 0.05) is 17.6 Å². The Hall–Kier alpha value is -1.47. The smallest absolute Gasteiger partial charge is 0.321 e. The van der Waals surface area contributed by atoms with Crippen molar-refractivity contribution >= 4 is 14.3 Å². The van der Waals surface area contributed by atoms with Gasteiger partial charge in [-0.25, -0.2) is 4.67 Å². The molecule has 1 unspecified atom stereocenters. The first-order valence-electron chi connectivity index (χ1n) is 7.74. The number of benzene rings is 1. The minimum atomic E-state index is -1.35. The summed E-state index contributed by atoms with van der Waals surface area (Å²) < 4.78 is 14.0. The van der Waals surface area contributed by atoms with Crippen molar-refractivity contribution in [3.05, 3.63) is 29.8 Å². The van der Waals surface area contributed by atoms with Gasteiger partial charge in [-0.1, -0.05) is 12.1 Å². The van der Waals surface area contributed by atoms with Crippen LogP contribution in [0, 0.1) is 11.3 Å². The lowest BCUT2D eigenvalue weighted by molar-refractivity contribution is 0.101. The van der Waals surface area contributed by atoms with Crippen molar-refractivity contribution in [3.8, 4) is 11.8 Å². The van der Waals surface area contributed by atoms with Crippen LogP contribution in [0.15, 0.2) is 24.3 Å². The van der Waals surface area contributed by atoms with E-state index in [1.807, 2.05) is 6.07 Å². The van der Waals surface area contributed by atoms with E-state index in [1.54, 1.807) is 18.2 Å². The van der Waals surface area contributed by atoms with Crippen molar-refractivity contribution in [1.29, 1.82) is 5.26 Å². The molecule has 0 aliphatic carbocycles. The molecule has 126 valence electrons. The molecule has 0 saturated heterocycles. The lowest BCUT2D eigenvalue weighted by Gasteiger charge is -2.35. The molecule has 0 bridgehead atoms. The van der Waals surface area contributed by atoms with Crippen molar-refractivity contribution in [1.82, 2.24) is 4.67 Å². The van der Waals surface area contributed by atoms with Gasteiger partial charge in [0.2, 0.25) is 0 Å². The SMILES string of the molecule is CC(=O)c1cccc(OP(OCCC#N)N(C(C)C)C(C)C)c1. The molecule has 0 spiro atoms. The average molecular weight is 336 g/mol. The Morgan fingerprint density at radius 3 is 2.48 bits per heavy atom. The van der Waals surface area contributed by atoms with E-state index in [2.05, 4.69) is 38.4 Å². The Morgan fingerprint density at radius 2 is 1.96 bits per heavy atom. The number of carbonyl (C=O) groups excluding carboxylic acids is 1. The molecule has 23 heavy (non-hydrogen) atoms. The third-order valence-electron chi connectivity index (χ3n) is 3.09. The number of ketones is 1. The summed E-state index contributed by atoms with van der Waals surface area (Å²) in [6.45, 7) is 10.2. The van der Waals surface area contributed by atoms with Gasteiger partial charge in [0.05, 0.1) is 19.1 Å². The van der Waals surface area contributed by atoms with E-state index in [1.165, 1.54) is 6.92 Å².